The van der Waals surface area contributed by atoms with E-state index in [1.54, 1.807) is 12.1 Å². The molecule has 0 bridgehead atoms. The van der Waals surface area contributed by atoms with Crippen LogP contribution in [0.2, 0.25) is 0 Å². The van der Waals surface area contributed by atoms with Gasteiger partial charge in [0.05, 0.1) is 17.1 Å². The molecule has 1 aliphatic rings. The Kier molecular flexibility index (Phi) is 6.38. The number of likely N-dealkylation sites (tertiary alicyclic amines) is 1. The molecule has 1 aromatic heterocycles. The molecule has 4 nitrogen and oxygen atoms in total. The van der Waals surface area contributed by atoms with Crippen molar-refractivity contribution in [3.63, 3.8) is 0 Å². The first-order chi connectivity index (χ1) is 12.5. The summed E-state index contributed by atoms with van der Waals surface area (Å²) in [5.74, 6) is -0.240. The van der Waals surface area contributed by atoms with Crippen LogP contribution in [0.25, 0.3) is 11.3 Å². The fourth-order valence-corrected chi connectivity index (χ4v) is 4.36. The lowest BCUT2D eigenvalue weighted by Gasteiger charge is -2.23. The topological polar surface area (TPSA) is 45.2 Å². The van der Waals surface area contributed by atoms with Gasteiger partial charge in [-0.05, 0) is 63.5 Å². The SMILES string of the molecule is CCC(CN1CCCC1)NC(=O)Cc1sc(C)nc1-c1ccc(F)cc1. The third kappa shape index (κ3) is 4.89. The Hall–Kier alpha value is -1.79. The summed E-state index contributed by atoms with van der Waals surface area (Å²) in [6.45, 7) is 7.24. The van der Waals surface area contributed by atoms with Crippen molar-refractivity contribution in [1.82, 2.24) is 15.2 Å². The average Bonchev–Trinajstić information content (AvgIpc) is 3.24. The van der Waals surface area contributed by atoms with Crippen LogP contribution in [0.5, 0.6) is 0 Å². The average molecular weight is 376 g/mol. The molecular weight excluding hydrogens is 349 g/mol. The summed E-state index contributed by atoms with van der Waals surface area (Å²) in [6.07, 6.45) is 3.75. The molecule has 0 aliphatic carbocycles. The number of hydrogen-bond acceptors (Lipinski definition) is 4. The number of rotatable bonds is 7. The van der Waals surface area contributed by atoms with Gasteiger partial charge in [0.1, 0.15) is 5.82 Å². The second-order valence-corrected chi connectivity index (χ2v) is 8.16. The number of carbonyl (C=O) groups excluding carboxylic acids is 1. The van der Waals surface area contributed by atoms with Gasteiger partial charge in [0.15, 0.2) is 0 Å². The van der Waals surface area contributed by atoms with Gasteiger partial charge >= 0.3 is 0 Å². The maximum Gasteiger partial charge on any atom is 0.225 e. The molecule has 1 unspecified atom stereocenters. The molecule has 2 heterocycles. The van der Waals surface area contributed by atoms with E-state index in [1.165, 1.54) is 36.3 Å². The molecule has 1 aromatic carbocycles. The number of amides is 1. The zero-order valence-electron chi connectivity index (χ0n) is 15.4. The van der Waals surface area contributed by atoms with Crippen molar-refractivity contribution in [3.8, 4) is 11.3 Å². The largest absolute Gasteiger partial charge is 0.352 e. The van der Waals surface area contributed by atoms with E-state index in [2.05, 4.69) is 22.1 Å². The molecule has 1 aliphatic heterocycles. The molecule has 1 saturated heterocycles. The van der Waals surface area contributed by atoms with Crippen LogP contribution in [0.1, 0.15) is 36.1 Å². The van der Waals surface area contributed by atoms with Crippen LogP contribution in [-0.4, -0.2) is 41.5 Å². The van der Waals surface area contributed by atoms with Gasteiger partial charge < -0.3 is 10.2 Å². The van der Waals surface area contributed by atoms with Crippen molar-refractivity contribution in [2.45, 2.75) is 45.6 Å². The van der Waals surface area contributed by atoms with Gasteiger partial charge in [-0.15, -0.1) is 11.3 Å². The third-order valence-corrected chi connectivity index (χ3v) is 5.75. The lowest BCUT2D eigenvalue weighted by Crippen LogP contribution is -2.43. The summed E-state index contributed by atoms with van der Waals surface area (Å²) in [5.41, 5.74) is 1.64. The van der Waals surface area contributed by atoms with Crippen LogP contribution in [0, 0.1) is 12.7 Å². The molecule has 6 heteroatoms. The number of nitrogens with zero attached hydrogens (tertiary/aromatic N) is 2. The van der Waals surface area contributed by atoms with Crippen molar-refractivity contribution >= 4 is 17.2 Å². The Balaban J connectivity index is 1.66. The predicted octanol–water partition coefficient (Wildman–Crippen LogP) is 3.79. The van der Waals surface area contributed by atoms with Crippen LogP contribution in [0.15, 0.2) is 24.3 Å². The summed E-state index contributed by atoms with van der Waals surface area (Å²) in [7, 11) is 0. The van der Waals surface area contributed by atoms with E-state index in [0.29, 0.717) is 6.42 Å². The van der Waals surface area contributed by atoms with Crippen molar-refractivity contribution in [2.75, 3.05) is 19.6 Å². The van der Waals surface area contributed by atoms with E-state index in [4.69, 9.17) is 0 Å². The molecule has 26 heavy (non-hydrogen) atoms. The second kappa shape index (κ2) is 8.73. The zero-order chi connectivity index (χ0) is 18.5. The van der Waals surface area contributed by atoms with E-state index in [9.17, 15) is 9.18 Å². The fourth-order valence-electron chi connectivity index (χ4n) is 3.40. The van der Waals surface area contributed by atoms with Gasteiger partial charge in [-0.25, -0.2) is 9.37 Å². The number of aromatic nitrogens is 1. The van der Waals surface area contributed by atoms with Gasteiger partial charge in [-0.3, -0.25) is 4.79 Å². The minimum absolute atomic E-state index is 0.0306. The first-order valence-electron chi connectivity index (χ1n) is 9.29. The maximum absolute atomic E-state index is 13.2. The van der Waals surface area contributed by atoms with Gasteiger partial charge in [-0.2, -0.15) is 0 Å². The lowest BCUT2D eigenvalue weighted by atomic mass is 10.1. The fraction of sp³-hybridized carbons (Fsp3) is 0.500. The van der Waals surface area contributed by atoms with Gasteiger partial charge in [-0.1, -0.05) is 6.92 Å². The normalized spacial score (nSPS) is 16.0. The molecule has 2 aromatic rings. The standard InChI is InChI=1S/C20H26FN3OS/c1-3-17(13-24-10-4-5-11-24)23-19(25)12-18-20(22-14(2)26-18)15-6-8-16(21)9-7-15/h6-9,17H,3-5,10-13H2,1-2H3,(H,23,25). The summed E-state index contributed by atoms with van der Waals surface area (Å²) in [5, 5.41) is 4.09. The lowest BCUT2D eigenvalue weighted by molar-refractivity contribution is -0.121. The highest BCUT2D eigenvalue weighted by Gasteiger charge is 2.20. The van der Waals surface area contributed by atoms with E-state index >= 15 is 0 Å². The Labute approximate surface area is 158 Å². The number of benzene rings is 1. The summed E-state index contributed by atoms with van der Waals surface area (Å²) >= 11 is 1.53. The van der Waals surface area contributed by atoms with E-state index in [1.807, 2.05) is 6.92 Å². The highest BCUT2D eigenvalue weighted by molar-refractivity contribution is 7.12. The van der Waals surface area contributed by atoms with Gasteiger partial charge in [0.2, 0.25) is 5.91 Å². The number of thiazole rings is 1. The van der Waals surface area contributed by atoms with Crippen molar-refractivity contribution < 1.29 is 9.18 Å². The van der Waals surface area contributed by atoms with Crippen LogP contribution in [0.3, 0.4) is 0 Å². The molecule has 0 saturated carbocycles. The molecule has 140 valence electrons. The molecule has 3 rings (SSSR count). The Bertz CT molecular complexity index is 738. The first-order valence-corrected chi connectivity index (χ1v) is 10.1. The maximum atomic E-state index is 13.2. The molecular formula is C20H26FN3OS. The quantitative estimate of drug-likeness (QED) is 0.801. The smallest absolute Gasteiger partial charge is 0.225 e. The zero-order valence-corrected chi connectivity index (χ0v) is 16.2. The number of carbonyl (C=O) groups is 1. The minimum atomic E-state index is -0.271. The first kappa shape index (κ1) is 19.0. The molecule has 1 N–H and O–H groups in total. The number of nitrogens with one attached hydrogen (secondary N) is 1. The number of hydrogen-bond donors (Lipinski definition) is 1. The van der Waals surface area contributed by atoms with Crippen molar-refractivity contribution in [2.24, 2.45) is 0 Å². The highest BCUT2D eigenvalue weighted by atomic mass is 32.1. The summed E-state index contributed by atoms with van der Waals surface area (Å²) < 4.78 is 13.2. The predicted molar refractivity (Wildman–Crippen MR) is 104 cm³/mol. The van der Waals surface area contributed by atoms with E-state index in [-0.39, 0.29) is 17.8 Å². The van der Waals surface area contributed by atoms with Crippen LogP contribution < -0.4 is 5.32 Å². The number of aryl methyl sites for hydroxylation is 1. The van der Waals surface area contributed by atoms with Gasteiger partial charge in [0.25, 0.3) is 0 Å². The Morgan fingerprint density at radius 1 is 1.31 bits per heavy atom. The summed E-state index contributed by atoms with van der Waals surface area (Å²) in [6, 6.07) is 6.47. The second-order valence-electron chi connectivity index (χ2n) is 6.87. The van der Waals surface area contributed by atoms with Crippen LogP contribution in [0.4, 0.5) is 4.39 Å². The molecule has 0 spiro atoms. The van der Waals surface area contributed by atoms with Crippen molar-refractivity contribution in [1.29, 1.82) is 0 Å². The van der Waals surface area contributed by atoms with Crippen LogP contribution in [-0.2, 0) is 11.2 Å². The monoisotopic (exact) mass is 375 g/mol. The molecule has 0 radical (unpaired) electrons. The molecule has 1 amide bonds. The Morgan fingerprint density at radius 2 is 2.00 bits per heavy atom. The van der Waals surface area contributed by atoms with Crippen molar-refractivity contribution in [3.05, 3.63) is 40.0 Å². The van der Waals surface area contributed by atoms with Gasteiger partial charge in [0, 0.05) is 23.0 Å². The highest BCUT2D eigenvalue weighted by Crippen LogP contribution is 2.28. The third-order valence-electron chi connectivity index (χ3n) is 4.78. The number of halogens is 1. The van der Waals surface area contributed by atoms with E-state index < -0.39 is 0 Å². The molecule has 1 atom stereocenters. The Morgan fingerprint density at radius 3 is 2.65 bits per heavy atom. The molecule has 1 fully saturated rings. The van der Waals surface area contributed by atoms with E-state index in [0.717, 1.165) is 47.2 Å². The summed E-state index contributed by atoms with van der Waals surface area (Å²) in [4.78, 5) is 20.5. The minimum Gasteiger partial charge on any atom is -0.352 e. The van der Waals surface area contributed by atoms with Crippen LogP contribution >= 0.6 is 11.3 Å².